The Hall–Kier alpha value is 0.180. The zero-order valence-electron chi connectivity index (χ0n) is 6.03. The van der Waals surface area contributed by atoms with Gasteiger partial charge in [0.15, 0.2) is 0 Å². The summed E-state index contributed by atoms with van der Waals surface area (Å²) in [7, 11) is 3.40. The SMILES string of the molecule is C#CCO[C@H]1CSSC[C@@H]1O. The van der Waals surface area contributed by atoms with E-state index in [0.29, 0.717) is 6.61 Å². The highest BCUT2D eigenvalue weighted by molar-refractivity contribution is 8.76. The third-order valence-electron chi connectivity index (χ3n) is 1.36. The van der Waals surface area contributed by atoms with Gasteiger partial charge in [0.2, 0.25) is 0 Å². The van der Waals surface area contributed by atoms with Gasteiger partial charge in [-0.25, -0.2) is 0 Å². The molecule has 1 aliphatic rings. The molecule has 11 heavy (non-hydrogen) atoms. The first-order valence-electron chi connectivity index (χ1n) is 3.32. The molecule has 1 N–H and O–H groups in total. The number of rotatable bonds is 2. The molecular weight excluding hydrogens is 180 g/mol. The summed E-state index contributed by atoms with van der Waals surface area (Å²) in [5.74, 6) is 3.95. The van der Waals surface area contributed by atoms with E-state index in [4.69, 9.17) is 11.2 Å². The summed E-state index contributed by atoms with van der Waals surface area (Å²) in [5.41, 5.74) is 0. The van der Waals surface area contributed by atoms with E-state index in [0.717, 1.165) is 11.5 Å². The van der Waals surface area contributed by atoms with Crippen molar-refractivity contribution in [3.05, 3.63) is 0 Å². The minimum absolute atomic E-state index is 0.0719. The molecule has 0 unspecified atom stereocenters. The van der Waals surface area contributed by atoms with Crippen molar-refractivity contribution < 1.29 is 9.84 Å². The summed E-state index contributed by atoms with van der Waals surface area (Å²) in [6.45, 7) is 0.299. The highest BCUT2D eigenvalue weighted by Crippen LogP contribution is 2.30. The van der Waals surface area contributed by atoms with Gasteiger partial charge < -0.3 is 9.84 Å². The summed E-state index contributed by atoms with van der Waals surface area (Å²) in [6.07, 6.45) is 4.60. The van der Waals surface area contributed by atoms with E-state index in [1.54, 1.807) is 21.6 Å². The normalized spacial score (nSPS) is 31.3. The smallest absolute Gasteiger partial charge is 0.108 e. The maximum Gasteiger partial charge on any atom is 0.108 e. The Morgan fingerprint density at radius 2 is 2.27 bits per heavy atom. The maximum atomic E-state index is 9.37. The molecule has 1 heterocycles. The van der Waals surface area contributed by atoms with Crippen LogP contribution < -0.4 is 0 Å². The fourth-order valence-electron chi connectivity index (χ4n) is 0.766. The number of aliphatic hydroxyl groups is 1. The fourth-order valence-corrected chi connectivity index (χ4v) is 3.16. The highest BCUT2D eigenvalue weighted by atomic mass is 33.1. The van der Waals surface area contributed by atoms with Crippen LogP contribution in [-0.2, 0) is 4.74 Å². The van der Waals surface area contributed by atoms with E-state index in [1.807, 2.05) is 0 Å². The topological polar surface area (TPSA) is 29.5 Å². The van der Waals surface area contributed by atoms with Gasteiger partial charge in [-0.3, -0.25) is 0 Å². The van der Waals surface area contributed by atoms with Gasteiger partial charge in [-0.05, 0) is 0 Å². The van der Waals surface area contributed by atoms with Gasteiger partial charge in [0.25, 0.3) is 0 Å². The van der Waals surface area contributed by atoms with Crippen molar-refractivity contribution in [3.63, 3.8) is 0 Å². The van der Waals surface area contributed by atoms with Crippen LogP contribution in [0.1, 0.15) is 0 Å². The molecule has 4 heteroatoms. The van der Waals surface area contributed by atoms with Crippen molar-refractivity contribution in [2.24, 2.45) is 0 Å². The van der Waals surface area contributed by atoms with E-state index in [1.165, 1.54) is 0 Å². The van der Waals surface area contributed by atoms with Crippen molar-refractivity contribution in [1.29, 1.82) is 0 Å². The highest BCUT2D eigenvalue weighted by Gasteiger charge is 2.24. The molecule has 0 aromatic heterocycles. The summed E-state index contributed by atoms with van der Waals surface area (Å²) in [4.78, 5) is 0. The zero-order chi connectivity index (χ0) is 8.10. The molecule has 0 aromatic carbocycles. The van der Waals surface area contributed by atoms with Crippen molar-refractivity contribution >= 4 is 21.6 Å². The second-order valence-electron chi connectivity index (χ2n) is 2.19. The number of ether oxygens (including phenoxy) is 1. The number of hydrogen-bond acceptors (Lipinski definition) is 4. The monoisotopic (exact) mass is 190 g/mol. The molecule has 1 fully saturated rings. The van der Waals surface area contributed by atoms with Crippen molar-refractivity contribution in [2.45, 2.75) is 12.2 Å². The van der Waals surface area contributed by atoms with Gasteiger partial charge in [-0.2, -0.15) is 0 Å². The molecule has 1 aliphatic heterocycles. The predicted octanol–water partition coefficient (Wildman–Crippen LogP) is 0.761. The van der Waals surface area contributed by atoms with Gasteiger partial charge in [-0.1, -0.05) is 27.5 Å². The van der Waals surface area contributed by atoms with Crippen molar-refractivity contribution in [2.75, 3.05) is 18.1 Å². The molecule has 0 aliphatic carbocycles. The largest absolute Gasteiger partial charge is 0.389 e. The second-order valence-corrected chi connectivity index (χ2v) is 4.74. The second kappa shape index (κ2) is 4.94. The van der Waals surface area contributed by atoms with E-state index >= 15 is 0 Å². The Labute approximate surface area is 74.5 Å². The lowest BCUT2D eigenvalue weighted by Crippen LogP contribution is -2.35. The van der Waals surface area contributed by atoms with Crippen molar-refractivity contribution in [1.82, 2.24) is 0 Å². The van der Waals surface area contributed by atoms with Crippen LogP contribution >= 0.6 is 21.6 Å². The van der Waals surface area contributed by atoms with Crippen LogP contribution in [0.2, 0.25) is 0 Å². The third-order valence-corrected chi connectivity index (χ3v) is 3.79. The van der Waals surface area contributed by atoms with Crippen LogP contribution in [-0.4, -0.2) is 35.4 Å². The van der Waals surface area contributed by atoms with Crippen LogP contribution in [0, 0.1) is 12.3 Å². The van der Waals surface area contributed by atoms with Crippen molar-refractivity contribution in [3.8, 4) is 12.3 Å². The van der Waals surface area contributed by atoms with Gasteiger partial charge >= 0.3 is 0 Å². The molecule has 0 aromatic rings. The van der Waals surface area contributed by atoms with Crippen LogP contribution in [0.3, 0.4) is 0 Å². The van der Waals surface area contributed by atoms with E-state index < -0.39 is 0 Å². The van der Waals surface area contributed by atoms with E-state index in [9.17, 15) is 5.11 Å². The number of terminal acetylenes is 1. The van der Waals surface area contributed by atoms with E-state index in [-0.39, 0.29) is 12.2 Å². The Balaban J connectivity index is 2.25. The first-order valence-corrected chi connectivity index (χ1v) is 5.81. The Morgan fingerprint density at radius 3 is 2.91 bits per heavy atom. The van der Waals surface area contributed by atoms with Gasteiger partial charge in [-0.15, -0.1) is 6.42 Å². The fraction of sp³-hybridized carbons (Fsp3) is 0.714. The molecule has 2 atom stereocenters. The predicted molar refractivity (Wildman–Crippen MR) is 49.5 cm³/mol. The molecule has 1 saturated heterocycles. The van der Waals surface area contributed by atoms with Crippen LogP contribution in [0.15, 0.2) is 0 Å². The standard InChI is InChI=1S/C7H10O2S2/c1-2-3-9-7-5-11-10-4-6(7)8/h1,6-8H,3-5H2/t6-,7-/m0/s1. The Kier molecular flexibility index (Phi) is 4.16. The third kappa shape index (κ3) is 2.96. The average molecular weight is 190 g/mol. The van der Waals surface area contributed by atoms with Crippen LogP contribution in [0.4, 0.5) is 0 Å². The zero-order valence-corrected chi connectivity index (χ0v) is 7.66. The molecule has 2 nitrogen and oxygen atoms in total. The summed E-state index contributed by atoms with van der Waals surface area (Å²) in [6, 6.07) is 0. The Bertz CT molecular complexity index is 155. The van der Waals surface area contributed by atoms with Crippen LogP contribution in [0.25, 0.3) is 0 Å². The number of aliphatic hydroxyl groups excluding tert-OH is 1. The Morgan fingerprint density at radius 1 is 1.55 bits per heavy atom. The molecule has 1 rings (SSSR count). The molecule has 0 bridgehead atoms. The van der Waals surface area contributed by atoms with E-state index in [2.05, 4.69) is 5.92 Å². The molecule has 0 saturated carbocycles. The molecule has 62 valence electrons. The van der Waals surface area contributed by atoms with Gasteiger partial charge in [0.05, 0.1) is 12.2 Å². The first-order chi connectivity index (χ1) is 5.34. The van der Waals surface area contributed by atoms with Gasteiger partial charge in [0, 0.05) is 11.5 Å². The number of hydrogen-bond donors (Lipinski definition) is 1. The lowest BCUT2D eigenvalue weighted by atomic mass is 10.2. The first kappa shape index (κ1) is 9.27. The molecule has 0 spiro atoms. The molecular formula is C7H10O2S2. The lowest BCUT2D eigenvalue weighted by molar-refractivity contribution is 0.000827. The summed E-state index contributed by atoms with van der Waals surface area (Å²) < 4.78 is 5.22. The minimum Gasteiger partial charge on any atom is -0.389 e. The maximum absolute atomic E-state index is 9.37. The summed E-state index contributed by atoms with van der Waals surface area (Å²) >= 11 is 0. The quantitative estimate of drug-likeness (QED) is 0.514. The average Bonchev–Trinajstić information content (AvgIpc) is 2.03. The van der Waals surface area contributed by atoms with Gasteiger partial charge in [0.1, 0.15) is 6.61 Å². The summed E-state index contributed by atoms with van der Waals surface area (Å²) in [5, 5.41) is 9.37. The molecule has 0 radical (unpaired) electrons. The lowest BCUT2D eigenvalue weighted by Gasteiger charge is -2.25. The minimum atomic E-state index is -0.352. The van der Waals surface area contributed by atoms with Crippen LogP contribution in [0.5, 0.6) is 0 Å². The molecule has 0 amide bonds.